The van der Waals surface area contributed by atoms with Gasteiger partial charge in [0.1, 0.15) is 13.2 Å². The van der Waals surface area contributed by atoms with Crippen molar-refractivity contribution >= 4 is 23.4 Å². The number of hydrogen-bond donors (Lipinski definition) is 2. The predicted molar refractivity (Wildman–Crippen MR) is 97.7 cm³/mol. The summed E-state index contributed by atoms with van der Waals surface area (Å²) < 4.78 is 4.87. The van der Waals surface area contributed by atoms with Crippen LogP contribution in [0.3, 0.4) is 0 Å². The van der Waals surface area contributed by atoms with Gasteiger partial charge in [0.05, 0.1) is 12.3 Å². The Morgan fingerprint density at radius 3 is 2.60 bits per heavy atom. The van der Waals surface area contributed by atoms with Gasteiger partial charge >= 0.3 is 12.0 Å². The number of anilines is 1. The van der Waals surface area contributed by atoms with Crippen molar-refractivity contribution in [2.75, 3.05) is 25.1 Å². The van der Waals surface area contributed by atoms with Crippen LogP contribution in [0.4, 0.5) is 10.5 Å². The van der Waals surface area contributed by atoms with Gasteiger partial charge < -0.3 is 20.2 Å². The summed E-state index contributed by atoms with van der Waals surface area (Å²) in [5.41, 5.74) is 2.22. The molecule has 1 aromatic carbocycles. The summed E-state index contributed by atoms with van der Waals surface area (Å²) in [6.07, 6.45) is 4.49. The van der Waals surface area contributed by atoms with Crippen molar-refractivity contribution in [3.8, 4) is 0 Å². The van der Waals surface area contributed by atoms with Gasteiger partial charge in [0.15, 0.2) is 0 Å². The third-order valence-electron chi connectivity index (χ3n) is 3.03. The van der Waals surface area contributed by atoms with Crippen LogP contribution in [0.25, 0.3) is 0 Å². The van der Waals surface area contributed by atoms with Crippen LogP contribution < -0.4 is 10.6 Å². The first kappa shape index (κ1) is 20.2. The van der Waals surface area contributed by atoms with Crippen LogP contribution in [0, 0.1) is 0 Å². The zero-order valence-corrected chi connectivity index (χ0v) is 14.9. The summed E-state index contributed by atoms with van der Waals surface area (Å²) >= 11 is 0. The lowest BCUT2D eigenvalue weighted by atomic mass is 10.1. The maximum absolute atomic E-state index is 11.7. The number of hydrogen-bond acceptors (Lipinski definition) is 5. The molecule has 0 heterocycles. The fourth-order valence-electron chi connectivity index (χ4n) is 1.72. The Hall–Kier alpha value is -2.83. The summed E-state index contributed by atoms with van der Waals surface area (Å²) in [6, 6.07) is 6.66. The molecular weight excluding hydrogens is 322 g/mol. The number of urea groups is 1. The van der Waals surface area contributed by atoms with E-state index in [1.807, 2.05) is 45.1 Å². The highest BCUT2D eigenvalue weighted by atomic mass is 16.6. The van der Waals surface area contributed by atoms with Gasteiger partial charge in [-0.2, -0.15) is 0 Å². The lowest BCUT2D eigenvalue weighted by Crippen LogP contribution is -2.34. The number of allylic oxidation sites excluding steroid dienone is 1. The molecule has 0 unspecified atom stereocenters. The standard InChI is InChI=1S/C18H25N3O4/c1-4-6-12-25-21-14(3)15-7-9-16(10-8-15)20-18(23)19-13-17(22)24-11-5-2/h4,6-10H,5,11-13H2,1-3H3,(H2,19,20,23). The van der Waals surface area contributed by atoms with Crippen LogP contribution >= 0.6 is 0 Å². The number of ether oxygens (including phenoxy) is 1. The monoisotopic (exact) mass is 347 g/mol. The topological polar surface area (TPSA) is 89.0 Å². The van der Waals surface area contributed by atoms with E-state index in [0.29, 0.717) is 18.9 Å². The molecule has 0 saturated carbocycles. The summed E-state index contributed by atoms with van der Waals surface area (Å²) in [6.45, 7) is 6.26. The van der Waals surface area contributed by atoms with Gasteiger partial charge in [-0.15, -0.1) is 0 Å². The predicted octanol–water partition coefficient (Wildman–Crippen LogP) is 3.08. The fourth-order valence-corrected chi connectivity index (χ4v) is 1.72. The van der Waals surface area contributed by atoms with Crippen molar-refractivity contribution in [2.45, 2.75) is 27.2 Å². The van der Waals surface area contributed by atoms with Crippen LogP contribution in [0.5, 0.6) is 0 Å². The largest absolute Gasteiger partial charge is 0.464 e. The highest BCUT2D eigenvalue weighted by molar-refractivity contribution is 5.99. The summed E-state index contributed by atoms with van der Waals surface area (Å²) in [5.74, 6) is -0.461. The van der Waals surface area contributed by atoms with Crippen LogP contribution in [0.15, 0.2) is 41.6 Å². The van der Waals surface area contributed by atoms with E-state index < -0.39 is 12.0 Å². The molecule has 7 nitrogen and oxygen atoms in total. The molecule has 0 aromatic heterocycles. The van der Waals surface area contributed by atoms with E-state index in [9.17, 15) is 9.59 Å². The molecule has 1 rings (SSSR count). The molecule has 2 amide bonds. The fraction of sp³-hybridized carbons (Fsp3) is 0.389. The Morgan fingerprint density at radius 1 is 1.24 bits per heavy atom. The minimum Gasteiger partial charge on any atom is -0.464 e. The number of nitrogens with one attached hydrogen (secondary N) is 2. The molecular formula is C18H25N3O4. The van der Waals surface area contributed by atoms with Crippen LogP contribution in [0.2, 0.25) is 0 Å². The number of amides is 2. The van der Waals surface area contributed by atoms with Crippen molar-refractivity contribution in [3.05, 3.63) is 42.0 Å². The third kappa shape index (κ3) is 8.55. The number of esters is 1. The van der Waals surface area contributed by atoms with Gasteiger partial charge in [0.2, 0.25) is 0 Å². The summed E-state index contributed by atoms with van der Waals surface area (Å²) in [7, 11) is 0. The van der Waals surface area contributed by atoms with Gasteiger partial charge in [-0.25, -0.2) is 4.79 Å². The molecule has 1 aromatic rings. The number of benzene rings is 1. The van der Waals surface area contributed by atoms with Gasteiger partial charge in [0, 0.05) is 5.69 Å². The second-order valence-corrected chi connectivity index (χ2v) is 5.15. The molecule has 7 heteroatoms. The highest BCUT2D eigenvalue weighted by Crippen LogP contribution is 2.10. The number of carbonyl (C=O) groups is 2. The maximum atomic E-state index is 11.7. The van der Waals surface area contributed by atoms with Crippen molar-refractivity contribution in [2.24, 2.45) is 5.16 Å². The Bertz CT molecular complexity index is 609. The molecule has 0 bridgehead atoms. The quantitative estimate of drug-likeness (QED) is 0.236. The Labute approximate surface area is 148 Å². The van der Waals surface area contributed by atoms with Gasteiger partial charge in [-0.1, -0.05) is 30.3 Å². The number of carbonyl (C=O) groups excluding carboxylic acids is 2. The molecule has 2 N–H and O–H groups in total. The SMILES string of the molecule is CC=CCON=C(C)c1ccc(NC(=O)NCC(=O)OCCC)cc1. The zero-order chi connectivity index (χ0) is 18.5. The zero-order valence-electron chi connectivity index (χ0n) is 14.9. The minimum atomic E-state index is -0.471. The molecule has 0 radical (unpaired) electrons. The average molecular weight is 347 g/mol. The summed E-state index contributed by atoms with van der Waals surface area (Å²) in [4.78, 5) is 28.2. The van der Waals surface area contributed by atoms with E-state index in [1.54, 1.807) is 12.1 Å². The molecule has 0 spiro atoms. The van der Waals surface area contributed by atoms with Gasteiger partial charge in [-0.3, -0.25) is 4.79 Å². The number of oxime groups is 1. The molecule has 0 fully saturated rings. The van der Waals surface area contributed by atoms with Crippen LogP contribution in [-0.4, -0.2) is 37.5 Å². The second-order valence-electron chi connectivity index (χ2n) is 5.15. The molecule has 136 valence electrons. The second kappa shape index (κ2) is 11.7. The Kier molecular flexibility index (Phi) is 9.43. The van der Waals surface area contributed by atoms with Crippen molar-refractivity contribution < 1.29 is 19.2 Å². The Morgan fingerprint density at radius 2 is 1.96 bits per heavy atom. The van der Waals surface area contributed by atoms with E-state index in [-0.39, 0.29) is 6.54 Å². The van der Waals surface area contributed by atoms with Crippen molar-refractivity contribution in [1.29, 1.82) is 0 Å². The molecule has 0 aliphatic carbocycles. The molecule has 0 aliphatic rings. The van der Waals surface area contributed by atoms with Crippen molar-refractivity contribution in [1.82, 2.24) is 5.32 Å². The normalized spacial score (nSPS) is 11.2. The summed E-state index contributed by atoms with van der Waals surface area (Å²) in [5, 5.41) is 9.09. The third-order valence-corrected chi connectivity index (χ3v) is 3.03. The Balaban J connectivity index is 2.45. The van der Waals surface area contributed by atoms with E-state index in [2.05, 4.69) is 15.8 Å². The first-order valence-electron chi connectivity index (χ1n) is 8.15. The first-order chi connectivity index (χ1) is 12.1. The van der Waals surface area contributed by atoms with Gasteiger partial charge in [0.25, 0.3) is 0 Å². The lowest BCUT2D eigenvalue weighted by molar-refractivity contribution is -0.142. The van der Waals surface area contributed by atoms with Crippen LogP contribution in [0.1, 0.15) is 32.8 Å². The minimum absolute atomic E-state index is 0.167. The highest BCUT2D eigenvalue weighted by Gasteiger charge is 2.06. The smallest absolute Gasteiger partial charge is 0.325 e. The lowest BCUT2D eigenvalue weighted by Gasteiger charge is -2.08. The van der Waals surface area contributed by atoms with Crippen molar-refractivity contribution in [3.63, 3.8) is 0 Å². The molecule has 25 heavy (non-hydrogen) atoms. The maximum Gasteiger partial charge on any atom is 0.325 e. The molecule has 0 saturated heterocycles. The van der Waals surface area contributed by atoms with E-state index in [0.717, 1.165) is 17.7 Å². The molecule has 0 aliphatic heterocycles. The first-order valence-corrected chi connectivity index (χ1v) is 8.15. The molecule has 0 atom stereocenters. The van der Waals surface area contributed by atoms with E-state index in [4.69, 9.17) is 9.57 Å². The van der Waals surface area contributed by atoms with Gasteiger partial charge in [-0.05, 0) is 44.0 Å². The number of rotatable bonds is 9. The average Bonchev–Trinajstić information content (AvgIpc) is 2.62. The van der Waals surface area contributed by atoms with Crippen LogP contribution in [-0.2, 0) is 14.4 Å². The number of nitrogens with zero attached hydrogens (tertiary/aromatic N) is 1. The van der Waals surface area contributed by atoms with E-state index in [1.165, 1.54) is 0 Å². The van der Waals surface area contributed by atoms with E-state index >= 15 is 0 Å².